The molecule has 0 saturated carbocycles. The van der Waals surface area contributed by atoms with Crippen LogP contribution in [0.4, 0.5) is 0 Å². The lowest BCUT2D eigenvalue weighted by Gasteiger charge is -2.14. The Kier molecular flexibility index (Phi) is 6.18. The largest absolute Gasteiger partial charge is 0.496 e. The molecule has 0 aromatic heterocycles. The van der Waals surface area contributed by atoms with Crippen molar-refractivity contribution in [3.63, 3.8) is 0 Å². The molecule has 1 N–H and O–H groups in total. The molecular weight excluding hydrogens is 236 g/mol. The number of nitrogens with one attached hydrogen (secondary N) is 1. The van der Waals surface area contributed by atoms with Crippen molar-refractivity contribution in [2.24, 2.45) is 0 Å². The predicted octanol–water partition coefficient (Wildman–Crippen LogP) is 2.66. The van der Waals surface area contributed by atoms with Gasteiger partial charge in [0, 0.05) is 12.1 Å². The van der Waals surface area contributed by atoms with E-state index < -0.39 is 0 Å². The van der Waals surface area contributed by atoms with E-state index in [0.717, 1.165) is 18.8 Å². The summed E-state index contributed by atoms with van der Waals surface area (Å²) in [6, 6.07) is 8.21. The van der Waals surface area contributed by atoms with Crippen LogP contribution in [0.25, 0.3) is 0 Å². The van der Waals surface area contributed by atoms with Crippen LogP contribution in [0.15, 0.2) is 24.3 Å². The van der Waals surface area contributed by atoms with Crippen molar-refractivity contribution in [1.82, 2.24) is 10.2 Å². The topological polar surface area (TPSA) is 24.5 Å². The Morgan fingerprint density at radius 3 is 2.74 bits per heavy atom. The number of hydrogen-bond acceptors (Lipinski definition) is 3. The van der Waals surface area contributed by atoms with Crippen LogP contribution in [0.3, 0.4) is 0 Å². The summed E-state index contributed by atoms with van der Waals surface area (Å²) in [7, 11) is 1.73. The Labute approximate surface area is 116 Å². The highest BCUT2D eigenvalue weighted by atomic mass is 16.5. The molecule has 1 aliphatic rings. The maximum atomic E-state index is 5.34. The van der Waals surface area contributed by atoms with E-state index in [1.54, 1.807) is 7.11 Å². The fraction of sp³-hybridized carbons (Fsp3) is 0.625. The van der Waals surface area contributed by atoms with Crippen molar-refractivity contribution in [3.8, 4) is 5.75 Å². The van der Waals surface area contributed by atoms with Crippen LogP contribution in [-0.2, 0) is 6.54 Å². The molecule has 1 fully saturated rings. The number of para-hydroxylation sites is 1. The number of hydrogen-bond donors (Lipinski definition) is 1. The summed E-state index contributed by atoms with van der Waals surface area (Å²) in [5.74, 6) is 0.979. The molecule has 1 saturated heterocycles. The van der Waals surface area contributed by atoms with Gasteiger partial charge < -0.3 is 15.0 Å². The second kappa shape index (κ2) is 8.18. The number of likely N-dealkylation sites (tertiary alicyclic amines) is 1. The Morgan fingerprint density at radius 1 is 1.16 bits per heavy atom. The number of benzene rings is 1. The van der Waals surface area contributed by atoms with Crippen molar-refractivity contribution < 1.29 is 4.74 Å². The third kappa shape index (κ3) is 4.84. The van der Waals surface area contributed by atoms with Crippen LogP contribution in [0.1, 0.15) is 31.2 Å². The zero-order valence-electron chi connectivity index (χ0n) is 12.0. The smallest absolute Gasteiger partial charge is 0.123 e. The molecule has 0 radical (unpaired) electrons. The SMILES string of the molecule is COc1ccccc1CNCCCCN1CCCC1. The van der Waals surface area contributed by atoms with E-state index in [4.69, 9.17) is 4.74 Å². The number of nitrogens with zero attached hydrogens (tertiary/aromatic N) is 1. The van der Waals surface area contributed by atoms with Gasteiger partial charge in [-0.15, -0.1) is 0 Å². The van der Waals surface area contributed by atoms with Crippen LogP contribution in [0, 0.1) is 0 Å². The molecule has 0 spiro atoms. The van der Waals surface area contributed by atoms with E-state index in [0.29, 0.717) is 0 Å². The molecule has 19 heavy (non-hydrogen) atoms. The summed E-state index contributed by atoms with van der Waals surface area (Å²) in [5.41, 5.74) is 1.24. The van der Waals surface area contributed by atoms with Crippen molar-refractivity contribution in [2.75, 3.05) is 33.3 Å². The first-order valence-electron chi connectivity index (χ1n) is 7.45. The highest BCUT2D eigenvalue weighted by Gasteiger charge is 2.09. The Balaban J connectivity index is 1.56. The van der Waals surface area contributed by atoms with Gasteiger partial charge in [0.15, 0.2) is 0 Å². The molecule has 106 valence electrons. The molecule has 1 heterocycles. The number of unbranched alkanes of at least 4 members (excludes halogenated alkanes) is 1. The van der Waals surface area contributed by atoms with E-state index in [9.17, 15) is 0 Å². The average Bonchev–Trinajstić information content (AvgIpc) is 2.96. The summed E-state index contributed by atoms with van der Waals surface area (Å²) in [5, 5.41) is 3.50. The van der Waals surface area contributed by atoms with Gasteiger partial charge in [-0.05, 0) is 57.9 Å². The van der Waals surface area contributed by atoms with Gasteiger partial charge in [-0.1, -0.05) is 18.2 Å². The molecule has 0 aliphatic carbocycles. The zero-order valence-corrected chi connectivity index (χ0v) is 12.0. The molecule has 0 amide bonds. The van der Waals surface area contributed by atoms with E-state index in [-0.39, 0.29) is 0 Å². The van der Waals surface area contributed by atoms with E-state index >= 15 is 0 Å². The second-order valence-corrected chi connectivity index (χ2v) is 5.24. The maximum Gasteiger partial charge on any atom is 0.123 e. The lowest BCUT2D eigenvalue weighted by Crippen LogP contribution is -2.22. The lowest BCUT2D eigenvalue weighted by molar-refractivity contribution is 0.329. The maximum absolute atomic E-state index is 5.34. The normalized spacial score (nSPS) is 15.8. The minimum Gasteiger partial charge on any atom is -0.496 e. The average molecular weight is 262 g/mol. The lowest BCUT2D eigenvalue weighted by atomic mass is 10.2. The monoisotopic (exact) mass is 262 g/mol. The fourth-order valence-electron chi connectivity index (χ4n) is 2.66. The summed E-state index contributed by atoms with van der Waals surface area (Å²) in [6.45, 7) is 5.89. The molecule has 1 aromatic rings. The van der Waals surface area contributed by atoms with Crippen LogP contribution < -0.4 is 10.1 Å². The third-order valence-corrected chi connectivity index (χ3v) is 3.78. The molecule has 0 bridgehead atoms. The van der Waals surface area contributed by atoms with Gasteiger partial charge in [-0.25, -0.2) is 0 Å². The zero-order chi connectivity index (χ0) is 13.3. The summed E-state index contributed by atoms with van der Waals surface area (Å²) >= 11 is 0. The van der Waals surface area contributed by atoms with Crippen LogP contribution in [0.2, 0.25) is 0 Å². The molecule has 3 nitrogen and oxygen atoms in total. The second-order valence-electron chi connectivity index (χ2n) is 5.24. The molecule has 0 atom stereocenters. The van der Waals surface area contributed by atoms with Crippen molar-refractivity contribution >= 4 is 0 Å². The van der Waals surface area contributed by atoms with Crippen LogP contribution in [0.5, 0.6) is 5.75 Å². The van der Waals surface area contributed by atoms with Gasteiger partial charge in [0.2, 0.25) is 0 Å². The first kappa shape index (κ1) is 14.4. The van der Waals surface area contributed by atoms with Gasteiger partial charge >= 0.3 is 0 Å². The van der Waals surface area contributed by atoms with E-state index in [2.05, 4.69) is 22.3 Å². The molecule has 1 aromatic carbocycles. The summed E-state index contributed by atoms with van der Waals surface area (Å²) < 4.78 is 5.34. The standard InChI is InChI=1S/C16H26N2O/c1-19-16-9-3-2-8-15(16)14-17-10-4-5-11-18-12-6-7-13-18/h2-3,8-9,17H,4-7,10-14H2,1H3. The predicted molar refractivity (Wildman–Crippen MR) is 79.6 cm³/mol. The minimum absolute atomic E-state index is 0.897. The fourth-order valence-corrected chi connectivity index (χ4v) is 2.66. The summed E-state index contributed by atoms with van der Waals surface area (Å²) in [4.78, 5) is 2.58. The van der Waals surface area contributed by atoms with Gasteiger partial charge in [0.25, 0.3) is 0 Å². The van der Waals surface area contributed by atoms with Gasteiger partial charge in [-0.2, -0.15) is 0 Å². The summed E-state index contributed by atoms with van der Waals surface area (Å²) in [6.07, 6.45) is 5.35. The Hall–Kier alpha value is -1.06. The Morgan fingerprint density at radius 2 is 1.95 bits per heavy atom. The van der Waals surface area contributed by atoms with Crippen LogP contribution >= 0.6 is 0 Å². The Bertz CT molecular complexity index is 362. The minimum atomic E-state index is 0.897. The number of ether oxygens (including phenoxy) is 1. The number of methoxy groups -OCH3 is 1. The van der Waals surface area contributed by atoms with Crippen molar-refractivity contribution in [3.05, 3.63) is 29.8 Å². The third-order valence-electron chi connectivity index (χ3n) is 3.78. The molecular formula is C16H26N2O. The highest BCUT2D eigenvalue weighted by molar-refractivity contribution is 5.32. The molecule has 3 heteroatoms. The first-order valence-corrected chi connectivity index (χ1v) is 7.45. The molecule has 0 unspecified atom stereocenters. The van der Waals surface area contributed by atoms with E-state index in [1.807, 2.05) is 12.1 Å². The first-order chi connectivity index (χ1) is 9.40. The number of rotatable bonds is 8. The van der Waals surface area contributed by atoms with Gasteiger partial charge in [0.05, 0.1) is 7.11 Å². The molecule has 2 rings (SSSR count). The molecule has 1 aliphatic heterocycles. The van der Waals surface area contributed by atoms with Gasteiger partial charge in [-0.3, -0.25) is 0 Å². The van der Waals surface area contributed by atoms with Crippen LogP contribution in [-0.4, -0.2) is 38.2 Å². The highest BCUT2D eigenvalue weighted by Crippen LogP contribution is 2.16. The quantitative estimate of drug-likeness (QED) is 0.729. The van der Waals surface area contributed by atoms with Gasteiger partial charge in [0.1, 0.15) is 5.75 Å². The van der Waals surface area contributed by atoms with Crippen molar-refractivity contribution in [2.45, 2.75) is 32.2 Å². The van der Waals surface area contributed by atoms with E-state index in [1.165, 1.54) is 50.9 Å². The van der Waals surface area contributed by atoms with Crippen molar-refractivity contribution in [1.29, 1.82) is 0 Å².